The van der Waals surface area contributed by atoms with Crippen molar-refractivity contribution in [2.45, 2.75) is 124 Å². The second kappa shape index (κ2) is 14.6. The van der Waals surface area contributed by atoms with Gasteiger partial charge in [-0.2, -0.15) is 0 Å². The van der Waals surface area contributed by atoms with Crippen LogP contribution in [0.15, 0.2) is 11.6 Å². The highest BCUT2D eigenvalue weighted by atomic mass is 16.5. The molecule has 0 radical (unpaired) electrons. The van der Waals surface area contributed by atoms with Crippen LogP contribution in [-0.4, -0.2) is 60.0 Å². The Morgan fingerprint density at radius 1 is 1.06 bits per heavy atom. The van der Waals surface area contributed by atoms with E-state index in [0.29, 0.717) is 25.0 Å². The van der Waals surface area contributed by atoms with Gasteiger partial charge in [-0.15, -0.1) is 0 Å². The van der Waals surface area contributed by atoms with E-state index in [-0.39, 0.29) is 41.7 Å². The number of esters is 1. The summed E-state index contributed by atoms with van der Waals surface area (Å²) in [5.74, 6) is -0.355. The van der Waals surface area contributed by atoms with Gasteiger partial charge in [0.05, 0.1) is 18.2 Å². The molecule has 1 fully saturated rings. The maximum Gasteiger partial charge on any atom is 0.333 e. The van der Waals surface area contributed by atoms with E-state index >= 15 is 0 Å². The van der Waals surface area contributed by atoms with Gasteiger partial charge in [0.15, 0.2) is 0 Å². The normalized spacial score (nSPS) is 17.7. The van der Waals surface area contributed by atoms with Crippen LogP contribution in [0.1, 0.15) is 100 Å². The summed E-state index contributed by atoms with van der Waals surface area (Å²) >= 11 is 0. The fraction of sp³-hybridized carbons (Fsp3) is 0.821. The molecule has 0 aromatic heterocycles. The number of carbonyl (C=O) groups excluding carboxylic acids is 3. The lowest BCUT2D eigenvalue weighted by Gasteiger charge is -2.38. The average Bonchev–Trinajstić information content (AvgIpc) is 3.37. The number of likely N-dealkylation sites (N-methyl/N-ethyl adjacent to an activating group) is 1. The number of amides is 2. The zero-order chi connectivity index (χ0) is 26.8. The molecule has 3 atom stereocenters. The molecule has 7 heteroatoms. The van der Waals surface area contributed by atoms with Crippen molar-refractivity contribution in [1.82, 2.24) is 15.5 Å². The monoisotopic (exact) mass is 493 g/mol. The van der Waals surface area contributed by atoms with Crippen LogP contribution in [0, 0.1) is 11.8 Å². The van der Waals surface area contributed by atoms with Gasteiger partial charge in [0, 0.05) is 18.7 Å². The van der Waals surface area contributed by atoms with Crippen molar-refractivity contribution in [3.63, 3.8) is 0 Å². The largest absolute Gasteiger partial charge is 0.463 e. The lowest BCUT2D eigenvalue weighted by atomic mass is 9.88. The van der Waals surface area contributed by atoms with Crippen molar-refractivity contribution in [3.05, 3.63) is 11.6 Å². The van der Waals surface area contributed by atoms with Gasteiger partial charge in [0.1, 0.15) is 6.04 Å². The molecular formula is C28H51N3O4. The van der Waals surface area contributed by atoms with Gasteiger partial charge in [-0.1, -0.05) is 53.5 Å². The molecule has 1 rings (SSSR count). The van der Waals surface area contributed by atoms with E-state index in [1.165, 1.54) is 0 Å². The molecule has 7 nitrogen and oxygen atoms in total. The van der Waals surface area contributed by atoms with Crippen molar-refractivity contribution in [3.8, 4) is 0 Å². The predicted molar refractivity (Wildman–Crippen MR) is 142 cm³/mol. The molecule has 202 valence electrons. The third kappa shape index (κ3) is 8.33. The van der Waals surface area contributed by atoms with Gasteiger partial charge in [-0.3, -0.25) is 9.59 Å². The van der Waals surface area contributed by atoms with Gasteiger partial charge in [-0.25, -0.2) is 4.79 Å². The van der Waals surface area contributed by atoms with E-state index in [1.807, 2.05) is 33.8 Å². The van der Waals surface area contributed by atoms with Crippen molar-refractivity contribution in [2.75, 3.05) is 13.7 Å². The van der Waals surface area contributed by atoms with E-state index in [9.17, 15) is 14.4 Å². The Bertz CT molecular complexity index is 724. The van der Waals surface area contributed by atoms with Gasteiger partial charge in [0.2, 0.25) is 11.8 Å². The number of ether oxygens (including phenoxy) is 1. The molecule has 2 N–H and O–H groups in total. The fourth-order valence-electron chi connectivity index (χ4n) is 5.05. The third-order valence-corrected chi connectivity index (χ3v) is 7.70. The topological polar surface area (TPSA) is 87.7 Å². The molecule has 0 bridgehead atoms. The number of nitrogens with zero attached hydrogens (tertiary/aromatic N) is 1. The smallest absolute Gasteiger partial charge is 0.333 e. The average molecular weight is 494 g/mol. The molecule has 1 saturated carbocycles. The van der Waals surface area contributed by atoms with E-state index in [0.717, 1.165) is 32.1 Å². The molecule has 0 aromatic rings. The summed E-state index contributed by atoms with van der Waals surface area (Å²) in [4.78, 5) is 41.5. The maximum atomic E-state index is 13.9. The zero-order valence-corrected chi connectivity index (χ0v) is 23.7. The Kier molecular flexibility index (Phi) is 13.0. The molecule has 0 saturated heterocycles. The molecule has 0 spiro atoms. The molecule has 3 unspecified atom stereocenters. The van der Waals surface area contributed by atoms with E-state index in [4.69, 9.17) is 4.74 Å². The number of carbonyl (C=O) groups is 3. The van der Waals surface area contributed by atoms with Crippen molar-refractivity contribution in [1.29, 1.82) is 0 Å². The lowest BCUT2D eigenvalue weighted by molar-refractivity contribution is -0.141. The van der Waals surface area contributed by atoms with Crippen molar-refractivity contribution < 1.29 is 19.1 Å². The highest BCUT2D eigenvalue weighted by Gasteiger charge is 2.41. The quantitative estimate of drug-likeness (QED) is 0.273. The summed E-state index contributed by atoms with van der Waals surface area (Å²) in [6.45, 7) is 16.1. The number of rotatable bonds is 14. The first-order valence-corrected chi connectivity index (χ1v) is 13.7. The van der Waals surface area contributed by atoms with Crippen LogP contribution in [-0.2, 0) is 19.1 Å². The molecule has 0 aromatic carbocycles. The summed E-state index contributed by atoms with van der Waals surface area (Å²) in [6.07, 6.45) is 8.04. The van der Waals surface area contributed by atoms with Gasteiger partial charge in [-0.05, 0) is 64.7 Å². The third-order valence-electron chi connectivity index (χ3n) is 7.70. The second-order valence-electron chi connectivity index (χ2n) is 10.5. The zero-order valence-electron chi connectivity index (χ0n) is 23.7. The second-order valence-corrected chi connectivity index (χ2v) is 10.5. The molecule has 1 aliphatic carbocycles. The van der Waals surface area contributed by atoms with Crippen LogP contribution in [0.2, 0.25) is 0 Å². The van der Waals surface area contributed by atoms with Crippen LogP contribution < -0.4 is 10.6 Å². The first kappa shape index (κ1) is 31.1. The Hall–Kier alpha value is -1.89. The van der Waals surface area contributed by atoms with Crippen LogP contribution in [0.3, 0.4) is 0 Å². The summed E-state index contributed by atoms with van der Waals surface area (Å²) < 4.78 is 5.13. The first-order chi connectivity index (χ1) is 16.5. The van der Waals surface area contributed by atoms with Crippen LogP contribution in [0.25, 0.3) is 0 Å². The first-order valence-electron chi connectivity index (χ1n) is 13.7. The fourth-order valence-corrected chi connectivity index (χ4v) is 5.05. The minimum absolute atomic E-state index is 0.0886. The minimum atomic E-state index is -0.705. The minimum Gasteiger partial charge on any atom is -0.463 e. The summed E-state index contributed by atoms with van der Waals surface area (Å²) in [6, 6.07) is -0.665. The summed E-state index contributed by atoms with van der Waals surface area (Å²) in [5, 5.41) is 6.73. The SMILES string of the molecule is CCOC(=O)/C(C)=C/C(C(C)C)N(C)C(=O)C(NC(=O)C(CC)(CC)NC(C)CC)C1CCCC1. The molecule has 2 amide bonds. The Labute approximate surface area is 213 Å². The lowest BCUT2D eigenvalue weighted by Crippen LogP contribution is -2.63. The van der Waals surface area contributed by atoms with Crippen LogP contribution >= 0.6 is 0 Å². The van der Waals surface area contributed by atoms with E-state index < -0.39 is 11.6 Å². The van der Waals surface area contributed by atoms with Crippen LogP contribution in [0.5, 0.6) is 0 Å². The number of hydrogen-bond donors (Lipinski definition) is 2. The van der Waals surface area contributed by atoms with E-state index in [1.54, 1.807) is 25.8 Å². The van der Waals surface area contributed by atoms with Crippen LogP contribution in [0.4, 0.5) is 0 Å². The maximum absolute atomic E-state index is 13.9. The van der Waals surface area contributed by atoms with Gasteiger partial charge in [0.25, 0.3) is 0 Å². The standard InChI is InChI=1S/C28H51N3O4/c1-10-21(8)30-28(11-2,12-3)27(34)29-24(22-16-14-15-17-22)25(32)31(9)23(19(5)6)18-20(7)26(33)35-13-4/h18-19,21-24,30H,10-17H2,1-9H3,(H,29,34)/b20-18+. The van der Waals surface area contributed by atoms with E-state index in [2.05, 4.69) is 24.5 Å². The summed E-state index contributed by atoms with van der Waals surface area (Å²) in [7, 11) is 1.78. The molecule has 0 heterocycles. The van der Waals surface area contributed by atoms with Gasteiger partial charge >= 0.3 is 5.97 Å². The molecular weight excluding hydrogens is 442 g/mol. The highest BCUT2D eigenvalue weighted by molar-refractivity contribution is 5.93. The number of hydrogen-bond acceptors (Lipinski definition) is 5. The highest BCUT2D eigenvalue weighted by Crippen LogP contribution is 2.30. The molecule has 0 aliphatic heterocycles. The van der Waals surface area contributed by atoms with Gasteiger partial charge < -0.3 is 20.3 Å². The molecule has 1 aliphatic rings. The number of nitrogens with one attached hydrogen (secondary N) is 2. The molecule has 35 heavy (non-hydrogen) atoms. The Morgan fingerprint density at radius 3 is 2.09 bits per heavy atom. The summed E-state index contributed by atoms with van der Waals surface area (Å²) in [5.41, 5.74) is -0.219. The van der Waals surface area contributed by atoms with Crippen molar-refractivity contribution >= 4 is 17.8 Å². The Morgan fingerprint density at radius 2 is 1.63 bits per heavy atom. The Balaban J connectivity index is 3.26. The predicted octanol–water partition coefficient (Wildman–Crippen LogP) is 4.60. The van der Waals surface area contributed by atoms with Crippen molar-refractivity contribution in [2.24, 2.45) is 11.8 Å².